The number of nitrogens with zero attached hydrogens (tertiary/aromatic N) is 7. The lowest BCUT2D eigenvalue weighted by molar-refractivity contribution is 0.0158. The molecule has 2 aliphatic heterocycles. The van der Waals surface area contributed by atoms with Crippen LogP contribution in [0.15, 0.2) is 54.9 Å². The molecular weight excluding hydrogens is 478 g/mol. The van der Waals surface area contributed by atoms with Crippen molar-refractivity contribution in [3.63, 3.8) is 0 Å². The summed E-state index contributed by atoms with van der Waals surface area (Å²) in [5.41, 5.74) is 4.28. The molecule has 0 spiro atoms. The molecule has 2 atom stereocenters. The topological polar surface area (TPSA) is 89.3 Å². The van der Waals surface area contributed by atoms with Crippen molar-refractivity contribution in [2.24, 2.45) is 0 Å². The summed E-state index contributed by atoms with van der Waals surface area (Å²) in [4.78, 5) is 35.6. The van der Waals surface area contributed by atoms with Crippen LogP contribution in [0.3, 0.4) is 0 Å². The second-order valence-corrected chi connectivity index (χ2v) is 11.1. The van der Waals surface area contributed by atoms with E-state index in [2.05, 4.69) is 43.7 Å². The molecule has 38 heavy (non-hydrogen) atoms. The lowest BCUT2D eigenvalue weighted by atomic mass is 10.0. The molecule has 0 aliphatic carbocycles. The van der Waals surface area contributed by atoms with Crippen LogP contribution in [-0.4, -0.2) is 66.8 Å². The van der Waals surface area contributed by atoms with Gasteiger partial charge in [-0.1, -0.05) is 30.3 Å². The van der Waals surface area contributed by atoms with Gasteiger partial charge in [-0.05, 0) is 51.8 Å². The van der Waals surface area contributed by atoms with Gasteiger partial charge >= 0.3 is 6.09 Å². The van der Waals surface area contributed by atoms with Crippen LogP contribution >= 0.6 is 0 Å². The number of imidazole rings is 1. The van der Waals surface area contributed by atoms with Crippen LogP contribution in [0.1, 0.15) is 51.5 Å². The number of benzene rings is 1. The Morgan fingerprint density at radius 3 is 2.47 bits per heavy atom. The van der Waals surface area contributed by atoms with E-state index in [-0.39, 0.29) is 18.2 Å². The second-order valence-electron chi connectivity index (χ2n) is 11.1. The number of rotatable bonds is 3. The molecule has 1 saturated heterocycles. The van der Waals surface area contributed by atoms with E-state index in [1.54, 1.807) is 4.90 Å². The van der Waals surface area contributed by atoms with Crippen molar-refractivity contribution in [1.82, 2.24) is 29.4 Å². The maximum absolute atomic E-state index is 12.6. The van der Waals surface area contributed by atoms with Crippen molar-refractivity contribution in [3.8, 4) is 11.3 Å². The molecule has 1 fully saturated rings. The van der Waals surface area contributed by atoms with Crippen molar-refractivity contribution in [2.75, 3.05) is 24.5 Å². The summed E-state index contributed by atoms with van der Waals surface area (Å²) < 4.78 is 7.85. The number of fused-ring (bicyclic) bond motifs is 3. The molecule has 3 aromatic heterocycles. The number of aromatic nitrogens is 5. The number of aryl methyl sites for hydroxylation is 1. The van der Waals surface area contributed by atoms with Crippen LogP contribution in [-0.2, 0) is 11.2 Å². The van der Waals surface area contributed by atoms with Crippen LogP contribution in [0.5, 0.6) is 0 Å². The average Bonchev–Trinajstić information content (AvgIpc) is 3.47. The van der Waals surface area contributed by atoms with E-state index in [1.807, 2.05) is 58.3 Å². The van der Waals surface area contributed by atoms with Gasteiger partial charge < -0.3 is 19.1 Å². The first-order chi connectivity index (χ1) is 18.3. The second kappa shape index (κ2) is 9.38. The number of anilines is 1. The molecule has 0 saturated carbocycles. The predicted molar refractivity (Wildman–Crippen MR) is 146 cm³/mol. The van der Waals surface area contributed by atoms with Gasteiger partial charge in [0.1, 0.15) is 16.9 Å². The standard InChI is InChI=1S/C29H33N7O2/c1-19-18-34(14-15-35(19)28(37)38-29(2,3)4)27-30-16-21(17-31-27)22-10-11-23-26(33-22)36-24(12-13-25(36)32-23)20-8-6-5-7-9-20/h5-11,16-17,19,24H,12-15,18H2,1-4H3/t19-,24-/m1/s1. The minimum Gasteiger partial charge on any atom is -0.444 e. The molecule has 9 nitrogen and oxygen atoms in total. The molecule has 0 bridgehead atoms. The third kappa shape index (κ3) is 4.57. The molecule has 0 radical (unpaired) electrons. The van der Waals surface area contributed by atoms with Gasteiger partial charge in [-0.15, -0.1) is 0 Å². The third-order valence-corrected chi connectivity index (χ3v) is 7.22. The molecule has 5 heterocycles. The fourth-order valence-electron chi connectivity index (χ4n) is 5.42. The minimum absolute atomic E-state index is 0.00697. The van der Waals surface area contributed by atoms with Crippen molar-refractivity contribution >= 4 is 23.2 Å². The third-order valence-electron chi connectivity index (χ3n) is 7.22. The quantitative estimate of drug-likeness (QED) is 0.388. The van der Waals surface area contributed by atoms with E-state index in [1.165, 1.54) is 5.56 Å². The molecular formula is C29H33N7O2. The Morgan fingerprint density at radius 1 is 1.00 bits per heavy atom. The highest BCUT2D eigenvalue weighted by atomic mass is 16.6. The van der Waals surface area contributed by atoms with E-state index in [4.69, 9.17) is 14.7 Å². The maximum atomic E-state index is 12.6. The van der Waals surface area contributed by atoms with Gasteiger partial charge in [0.15, 0.2) is 5.65 Å². The maximum Gasteiger partial charge on any atom is 0.410 e. The molecule has 0 unspecified atom stereocenters. The zero-order valence-corrected chi connectivity index (χ0v) is 22.3. The van der Waals surface area contributed by atoms with Gasteiger partial charge in [0.05, 0.1) is 11.7 Å². The number of hydrogen-bond donors (Lipinski definition) is 0. The molecule has 6 rings (SSSR count). The van der Waals surface area contributed by atoms with E-state index >= 15 is 0 Å². The smallest absolute Gasteiger partial charge is 0.410 e. The first-order valence-electron chi connectivity index (χ1n) is 13.3. The summed E-state index contributed by atoms with van der Waals surface area (Å²) in [5.74, 6) is 1.74. The summed E-state index contributed by atoms with van der Waals surface area (Å²) in [5, 5.41) is 0. The number of pyridine rings is 1. The van der Waals surface area contributed by atoms with Gasteiger partial charge in [-0.3, -0.25) is 0 Å². The number of carbonyl (C=O) groups excluding carboxylic acids is 1. The van der Waals surface area contributed by atoms with Crippen LogP contribution in [0.25, 0.3) is 22.4 Å². The van der Waals surface area contributed by atoms with Crippen LogP contribution in [0.2, 0.25) is 0 Å². The Kier molecular flexibility index (Phi) is 6.01. The van der Waals surface area contributed by atoms with Gasteiger partial charge in [-0.2, -0.15) is 0 Å². The number of amides is 1. The largest absolute Gasteiger partial charge is 0.444 e. The van der Waals surface area contributed by atoms with Gasteiger partial charge in [-0.25, -0.2) is 24.7 Å². The first-order valence-corrected chi connectivity index (χ1v) is 13.3. The fourth-order valence-corrected chi connectivity index (χ4v) is 5.42. The zero-order valence-electron chi connectivity index (χ0n) is 22.3. The van der Waals surface area contributed by atoms with Crippen molar-refractivity contribution in [2.45, 2.75) is 58.2 Å². The first kappa shape index (κ1) is 24.3. The van der Waals surface area contributed by atoms with Crippen molar-refractivity contribution in [1.29, 1.82) is 0 Å². The van der Waals surface area contributed by atoms with Crippen LogP contribution in [0, 0.1) is 0 Å². The number of piperazine rings is 1. The SMILES string of the molecule is C[C@@H]1CN(c2ncc(-c3ccc4nc5n(c4n3)[C@@H](c3ccccc3)CC5)cn2)CCN1C(=O)OC(C)(C)C. The van der Waals surface area contributed by atoms with Crippen molar-refractivity contribution < 1.29 is 9.53 Å². The summed E-state index contributed by atoms with van der Waals surface area (Å²) in [6, 6.07) is 14.8. The summed E-state index contributed by atoms with van der Waals surface area (Å²) in [7, 11) is 0. The van der Waals surface area contributed by atoms with Crippen molar-refractivity contribution in [3.05, 3.63) is 66.2 Å². The normalized spacial score (nSPS) is 19.6. The summed E-state index contributed by atoms with van der Waals surface area (Å²) in [6.07, 6.45) is 5.37. The predicted octanol–water partition coefficient (Wildman–Crippen LogP) is 4.87. The Labute approximate surface area is 222 Å². The van der Waals surface area contributed by atoms with E-state index in [9.17, 15) is 4.79 Å². The molecule has 0 N–H and O–H groups in total. The number of ether oxygens (including phenoxy) is 1. The molecule has 196 valence electrons. The van der Waals surface area contributed by atoms with Gasteiger partial charge in [0.25, 0.3) is 0 Å². The molecule has 4 aromatic rings. The van der Waals surface area contributed by atoms with E-state index in [0.717, 1.165) is 41.1 Å². The Bertz CT molecular complexity index is 1460. The number of hydrogen-bond acceptors (Lipinski definition) is 7. The molecule has 9 heteroatoms. The monoisotopic (exact) mass is 511 g/mol. The molecule has 1 aromatic carbocycles. The number of carbonyl (C=O) groups is 1. The van der Waals surface area contributed by atoms with E-state index < -0.39 is 5.60 Å². The highest BCUT2D eigenvalue weighted by molar-refractivity contribution is 5.76. The fraction of sp³-hybridized carbons (Fsp3) is 0.414. The Hall–Kier alpha value is -4.01. The Morgan fingerprint density at radius 2 is 1.76 bits per heavy atom. The Balaban J connectivity index is 1.20. The van der Waals surface area contributed by atoms with Gasteiger partial charge in [0.2, 0.25) is 5.95 Å². The zero-order chi connectivity index (χ0) is 26.4. The van der Waals surface area contributed by atoms with E-state index in [0.29, 0.717) is 25.6 Å². The summed E-state index contributed by atoms with van der Waals surface area (Å²) in [6.45, 7) is 9.54. The lowest BCUT2D eigenvalue weighted by Crippen LogP contribution is -2.55. The van der Waals surface area contributed by atoms with Crippen LogP contribution < -0.4 is 4.90 Å². The molecule has 2 aliphatic rings. The summed E-state index contributed by atoms with van der Waals surface area (Å²) >= 11 is 0. The highest BCUT2D eigenvalue weighted by Gasteiger charge is 2.32. The highest BCUT2D eigenvalue weighted by Crippen LogP contribution is 2.35. The van der Waals surface area contributed by atoms with Gasteiger partial charge in [0, 0.05) is 50.1 Å². The van der Waals surface area contributed by atoms with Crippen LogP contribution in [0.4, 0.5) is 10.7 Å². The minimum atomic E-state index is -0.511. The lowest BCUT2D eigenvalue weighted by Gasteiger charge is -2.40. The molecule has 1 amide bonds. The average molecular weight is 512 g/mol.